The van der Waals surface area contributed by atoms with E-state index in [1.807, 2.05) is 0 Å². The smallest absolute Gasteiger partial charge is 0.271 e. The van der Waals surface area contributed by atoms with Crippen molar-refractivity contribution in [2.24, 2.45) is 0 Å². The Morgan fingerprint density at radius 1 is 1.25 bits per heavy atom. The second-order valence-electron chi connectivity index (χ2n) is 6.82. The fraction of sp³-hybridized carbons (Fsp3) is 0.286. The molecule has 144 valence electrons. The molecule has 1 saturated carbocycles. The van der Waals surface area contributed by atoms with Gasteiger partial charge in [0.1, 0.15) is 17.0 Å². The average Bonchev–Trinajstić information content (AvgIpc) is 3.14. The molecule has 3 rings (SSSR count). The molecule has 1 aromatic carbocycles. The van der Waals surface area contributed by atoms with Crippen molar-refractivity contribution in [3.8, 4) is 18.1 Å². The molecule has 1 aromatic heterocycles. The molecular weight excluding hydrogens is 378 g/mol. The van der Waals surface area contributed by atoms with Crippen LogP contribution in [0.25, 0.3) is 0 Å². The van der Waals surface area contributed by atoms with Crippen LogP contribution in [0, 0.1) is 12.3 Å². The first-order valence-corrected chi connectivity index (χ1v) is 9.32. The fourth-order valence-corrected chi connectivity index (χ4v) is 3.47. The van der Waals surface area contributed by atoms with Gasteiger partial charge in [-0.1, -0.05) is 17.5 Å². The zero-order valence-corrected chi connectivity index (χ0v) is 15.9. The second kappa shape index (κ2) is 8.32. The number of pyridine rings is 1. The second-order valence-corrected chi connectivity index (χ2v) is 7.25. The third kappa shape index (κ3) is 4.62. The van der Waals surface area contributed by atoms with Crippen molar-refractivity contribution in [3.05, 3.63) is 52.8 Å². The Morgan fingerprint density at radius 3 is 2.71 bits per heavy atom. The largest absolute Gasteiger partial charge is 0.508 e. The summed E-state index contributed by atoms with van der Waals surface area (Å²) >= 11 is 5.90. The molecule has 3 N–H and O–H groups in total. The lowest BCUT2D eigenvalue weighted by Crippen LogP contribution is -2.45. The number of amides is 2. The molecule has 1 aliphatic rings. The number of nitrogens with one attached hydrogen (secondary N) is 2. The first-order valence-electron chi connectivity index (χ1n) is 8.94. The molecule has 0 atom stereocenters. The lowest BCUT2D eigenvalue weighted by atomic mass is 9.98. The van der Waals surface area contributed by atoms with E-state index in [1.54, 1.807) is 12.1 Å². The van der Waals surface area contributed by atoms with Gasteiger partial charge in [-0.05, 0) is 56.0 Å². The minimum absolute atomic E-state index is 0.00880. The van der Waals surface area contributed by atoms with Gasteiger partial charge in [0.25, 0.3) is 5.91 Å². The standard InChI is InChI=1S/C21H20ClN3O3/c1-2-21(8-3-4-9-21)25-20(28)17-13-16(7-10-23-17)24-19(27)12-14-11-15(22)5-6-18(14)26/h1,5-7,10-11,13,26H,3-4,8-9,12H2,(H,25,28)(H,23,24,27). The number of carbonyl (C=O) groups is 2. The summed E-state index contributed by atoms with van der Waals surface area (Å²) in [6.07, 6.45) is 10.4. The molecule has 0 radical (unpaired) electrons. The van der Waals surface area contributed by atoms with Crippen molar-refractivity contribution >= 4 is 29.1 Å². The van der Waals surface area contributed by atoms with E-state index in [0.717, 1.165) is 25.7 Å². The van der Waals surface area contributed by atoms with Gasteiger partial charge in [-0.15, -0.1) is 6.42 Å². The molecule has 2 aromatic rings. The number of carbonyl (C=O) groups excluding carboxylic acids is 2. The van der Waals surface area contributed by atoms with Crippen molar-refractivity contribution in [1.82, 2.24) is 10.3 Å². The SMILES string of the molecule is C#CC1(NC(=O)c2cc(NC(=O)Cc3cc(Cl)ccc3O)ccn2)CCCC1. The summed E-state index contributed by atoms with van der Waals surface area (Å²) in [6, 6.07) is 7.58. The number of aromatic hydroxyl groups is 1. The molecule has 0 aliphatic heterocycles. The molecule has 7 heteroatoms. The Bertz CT molecular complexity index is 946. The highest BCUT2D eigenvalue weighted by atomic mass is 35.5. The molecule has 6 nitrogen and oxygen atoms in total. The van der Waals surface area contributed by atoms with E-state index in [1.165, 1.54) is 24.4 Å². The quantitative estimate of drug-likeness (QED) is 0.675. The van der Waals surface area contributed by atoms with Gasteiger partial charge in [-0.25, -0.2) is 0 Å². The first-order chi connectivity index (χ1) is 13.4. The van der Waals surface area contributed by atoms with Gasteiger partial charge in [0.05, 0.1) is 6.42 Å². The van der Waals surface area contributed by atoms with E-state index >= 15 is 0 Å². The lowest BCUT2D eigenvalue weighted by molar-refractivity contribution is -0.115. The Balaban J connectivity index is 1.67. The van der Waals surface area contributed by atoms with Crippen molar-refractivity contribution in [1.29, 1.82) is 0 Å². The van der Waals surface area contributed by atoms with Gasteiger partial charge in [0, 0.05) is 22.5 Å². The average molecular weight is 398 g/mol. The molecule has 0 saturated heterocycles. The highest BCUT2D eigenvalue weighted by molar-refractivity contribution is 6.30. The summed E-state index contributed by atoms with van der Waals surface area (Å²) in [4.78, 5) is 28.9. The van der Waals surface area contributed by atoms with Crippen molar-refractivity contribution in [3.63, 3.8) is 0 Å². The Kier molecular flexibility index (Phi) is 5.86. The number of aromatic nitrogens is 1. The molecule has 0 bridgehead atoms. The van der Waals surface area contributed by atoms with E-state index < -0.39 is 5.54 Å². The maximum atomic E-state index is 12.5. The van der Waals surface area contributed by atoms with Crippen LogP contribution in [0.3, 0.4) is 0 Å². The molecule has 28 heavy (non-hydrogen) atoms. The van der Waals surface area contributed by atoms with Crippen LogP contribution in [0.1, 0.15) is 41.7 Å². The van der Waals surface area contributed by atoms with E-state index in [2.05, 4.69) is 21.5 Å². The van der Waals surface area contributed by atoms with Crippen LogP contribution in [-0.4, -0.2) is 27.4 Å². The number of phenolic OH excluding ortho intramolecular Hbond substituents is 1. The van der Waals surface area contributed by atoms with Gasteiger partial charge in [-0.2, -0.15) is 0 Å². The summed E-state index contributed by atoms with van der Waals surface area (Å²) in [6.45, 7) is 0. The normalized spacial score (nSPS) is 14.9. The number of anilines is 1. The van der Waals surface area contributed by atoms with E-state index in [-0.39, 0.29) is 29.7 Å². The number of nitrogens with zero attached hydrogens (tertiary/aromatic N) is 1. The van der Waals surface area contributed by atoms with E-state index in [4.69, 9.17) is 18.0 Å². The molecule has 0 spiro atoms. The van der Waals surface area contributed by atoms with Crippen molar-refractivity contribution < 1.29 is 14.7 Å². The molecule has 1 fully saturated rings. The summed E-state index contributed by atoms with van der Waals surface area (Å²) in [5.41, 5.74) is 0.384. The third-order valence-electron chi connectivity index (χ3n) is 4.76. The molecule has 1 aliphatic carbocycles. The number of terminal acetylenes is 1. The number of hydrogen-bond acceptors (Lipinski definition) is 4. The Morgan fingerprint density at radius 2 is 2.00 bits per heavy atom. The van der Waals surface area contributed by atoms with E-state index in [9.17, 15) is 14.7 Å². The number of benzene rings is 1. The monoisotopic (exact) mass is 397 g/mol. The predicted octanol–water partition coefficient (Wildman–Crippen LogP) is 3.30. The first kappa shape index (κ1) is 19.7. The summed E-state index contributed by atoms with van der Waals surface area (Å²) in [5, 5.41) is 15.9. The highest BCUT2D eigenvalue weighted by Crippen LogP contribution is 2.29. The van der Waals surface area contributed by atoms with Gasteiger partial charge in [0.15, 0.2) is 0 Å². The van der Waals surface area contributed by atoms with Crippen LogP contribution in [-0.2, 0) is 11.2 Å². The van der Waals surface area contributed by atoms with Crippen molar-refractivity contribution in [2.75, 3.05) is 5.32 Å². The predicted molar refractivity (Wildman–Crippen MR) is 107 cm³/mol. The summed E-state index contributed by atoms with van der Waals surface area (Å²) in [5.74, 6) is 1.96. The fourth-order valence-electron chi connectivity index (χ4n) is 3.27. The minimum Gasteiger partial charge on any atom is -0.508 e. The number of halogens is 1. The molecule has 0 unspecified atom stereocenters. The third-order valence-corrected chi connectivity index (χ3v) is 4.99. The lowest BCUT2D eigenvalue weighted by Gasteiger charge is -2.23. The number of hydrogen-bond donors (Lipinski definition) is 3. The maximum absolute atomic E-state index is 12.5. The van der Waals surface area contributed by atoms with Crippen LogP contribution in [0.5, 0.6) is 5.75 Å². The van der Waals surface area contributed by atoms with Crippen LogP contribution < -0.4 is 10.6 Å². The van der Waals surface area contributed by atoms with Crippen molar-refractivity contribution in [2.45, 2.75) is 37.6 Å². The highest BCUT2D eigenvalue weighted by Gasteiger charge is 2.33. The van der Waals surface area contributed by atoms with E-state index in [0.29, 0.717) is 16.3 Å². The van der Waals surface area contributed by atoms with Gasteiger partial charge in [0.2, 0.25) is 5.91 Å². The minimum atomic E-state index is -0.623. The molecule has 1 heterocycles. The molecular formula is C21H20ClN3O3. The topological polar surface area (TPSA) is 91.3 Å². The summed E-state index contributed by atoms with van der Waals surface area (Å²) < 4.78 is 0. The van der Waals surface area contributed by atoms with Crippen LogP contribution >= 0.6 is 11.6 Å². The zero-order chi connectivity index (χ0) is 20.1. The Labute approximate surface area is 168 Å². The summed E-state index contributed by atoms with van der Waals surface area (Å²) in [7, 11) is 0. The number of rotatable bonds is 5. The zero-order valence-electron chi connectivity index (χ0n) is 15.2. The van der Waals surface area contributed by atoms with Gasteiger partial charge < -0.3 is 15.7 Å². The van der Waals surface area contributed by atoms with Crippen LogP contribution in [0.2, 0.25) is 5.02 Å². The van der Waals surface area contributed by atoms with Crippen LogP contribution in [0.15, 0.2) is 36.5 Å². The van der Waals surface area contributed by atoms with Crippen LogP contribution in [0.4, 0.5) is 5.69 Å². The van der Waals surface area contributed by atoms with Gasteiger partial charge >= 0.3 is 0 Å². The molecule has 2 amide bonds. The Hall–Kier alpha value is -3.04. The van der Waals surface area contributed by atoms with Gasteiger partial charge in [-0.3, -0.25) is 14.6 Å². The number of phenols is 1. The maximum Gasteiger partial charge on any atom is 0.271 e.